The zero-order valence-corrected chi connectivity index (χ0v) is 10.6. The van der Waals surface area contributed by atoms with Crippen LogP contribution in [0.15, 0.2) is 18.2 Å². The summed E-state index contributed by atoms with van der Waals surface area (Å²) in [5, 5.41) is 2.88. The van der Waals surface area contributed by atoms with Gasteiger partial charge in [-0.3, -0.25) is 4.79 Å². The molecule has 3 N–H and O–H groups in total. The molecule has 0 atom stereocenters. The molecule has 0 aromatic heterocycles. The zero-order chi connectivity index (χ0) is 12.8. The Balaban J connectivity index is 1.86. The molecule has 0 spiro atoms. The fourth-order valence-electron chi connectivity index (χ4n) is 2.05. The Hall–Kier alpha value is -1.55. The average Bonchev–Trinajstić information content (AvgIpc) is 2.38. The quantitative estimate of drug-likeness (QED) is 0.757. The van der Waals surface area contributed by atoms with E-state index in [9.17, 15) is 4.79 Å². The number of unbranched alkanes of at least 4 members (excludes halogenated alkanes) is 2. The SMILES string of the molecule is NCCCCCOc1ccc2c(c1)NC(=O)CC2. The van der Waals surface area contributed by atoms with Gasteiger partial charge in [0.15, 0.2) is 0 Å². The fourth-order valence-corrected chi connectivity index (χ4v) is 2.05. The third-order valence-corrected chi connectivity index (χ3v) is 3.09. The maximum absolute atomic E-state index is 11.3. The molecule has 1 aromatic carbocycles. The van der Waals surface area contributed by atoms with Crippen LogP contribution in [-0.4, -0.2) is 19.1 Å². The highest BCUT2D eigenvalue weighted by atomic mass is 16.5. The van der Waals surface area contributed by atoms with Crippen LogP contribution in [0.5, 0.6) is 5.75 Å². The normalized spacial score (nSPS) is 13.9. The number of hydrogen-bond donors (Lipinski definition) is 2. The van der Waals surface area contributed by atoms with Crippen LogP contribution in [0.25, 0.3) is 0 Å². The lowest BCUT2D eigenvalue weighted by Crippen LogP contribution is -2.18. The first-order chi connectivity index (χ1) is 8.79. The molecule has 0 saturated carbocycles. The van der Waals surface area contributed by atoms with Gasteiger partial charge >= 0.3 is 0 Å². The molecule has 1 amide bonds. The first-order valence-electron chi connectivity index (χ1n) is 6.55. The van der Waals surface area contributed by atoms with Crippen molar-refractivity contribution in [2.75, 3.05) is 18.5 Å². The van der Waals surface area contributed by atoms with E-state index >= 15 is 0 Å². The number of fused-ring (bicyclic) bond motifs is 1. The van der Waals surface area contributed by atoms with Crippen LogP contribution in [0.3, 0.4) is 0 Å². The number of carbonyl (C=O) groups excluding carboxylic acids is 1. The Kier molecular flexibility index (Phi) is 4.59. The highest BCUT2D eigenvalue weighted by molar-refractivity contribution is 5.94. The second kappa shape index (κ2) is 6.40. The number of nitrogens with one attached hydrogen (secondary N) is 1. The van der Waals surface area contributed by atoms with Crippen LogP contribution in [0, 0.1) is 0 Å². The van der Waals surface area contributed by atoms with Crippen LogP contribution in [0.2, 0.25) is 0 Å². The smallest absolute Gasteiger partial charge is 0.224 e. The summed E-state index contributed by atoms with van der Waals surface area (Å²) in [6.45, 7) is 1.44. The highest BCUT2D eigenvalue weighted by Crippen LogP contribution is 2.27. The third-order valence-electron chi connectivity index (χ3n) is 3.09. The van der Waals surface area contributed by atoms with Gasteiger partial charge in [0.1, 0.15) is 5.75 Å². The summed E-state index contributed by atoms with van der Waals surface area (Å²) in [5.41, 5.74) is 7.51. The van der Waals surface area contributed by atoms with Gasteiger partial charge in [-0.25, -0.2) is 0 Å². The van der Waals surface area contributed by atoms with Gasteiger partial charge in [-0.15, -0.1) is 0 Å². The molecule has 0 saturated heterocycles. The molecule has 0 bridgehead atoms. The number of benzene rings is 1. The molecule has 0 fully saturated rings. The summed E-state index contributed by atoms with van der Waals surface area (Å²) in [5.74, 6) is 0.909. The predicted molar refractivity (Wildman–Crippen MR) is 71.8 cm³/mol. The molecule has 0 unspecified atom stereocenters. The topological polar surface area (TPSA) is 64.3 Å². The van der Waals surface area contributed by atoms with Crippen molar-refractivity contribution in [2.24, 2.45) is 5.73 Å². The van der Waals surface area contributed by atoms with Crippen molar-refractivity contribution in [3.63, 3.8) is 0 Å². The number of nitrogens with two attached hydrogens (primary N) is 1. The monoisotopic (exact) mass is 248 g/mol. The van der Waals surface area contributed by atoms with E-state index < -0.39 is 0 Å². The molecule has 4 heteroatoms. The summed E-state index contributed by atoms with van der Waals surface area (Å²) in [6, 6.07) is 5.92. The van der Waals surface area contributed by atoms with E-state index in [2.05, 4.69) is 5.32 Å². The second-order valence-corrected chi connectivity index (χ2v) is 4.56. The van der Waals surface area contributed by atoms with E-state index in [0.717, 1.165) is 43.7 Å². The molecule has 1 aliphatic rings. The van der Waals surface area contributed by atoms with Gasteiger partial charge in [0, 0.05) is 18.2 Å². The molecule has 1 aromatic rings. The molecule has 18 heavy (non-hydrogen) atoms. The Morgan fingerprint density at radius 2 is 2.11 bits per heavy atom. The van der Waals surface area contributed by atoms with E-state index in [1.807, 2.05) is 18.2 Å². The summed E-state index contributed by atoms with van der Waals surface area (Å²) in [7, 11) is 0. The number of anilines is 1. The molecule has 0 aliphatic carbocycles. The summed E-state index contributed by atoms with van der Waals surface area (Å²) < 4.78 is 5.66. The minimum Gasteiger partial charge on any atom is -0.494 e. The average molecular weight is 248 g/mol. The van der Waals surface area contributed by atoms with Crippen LogP contribution in [0.1, 0.15) is 31.2 Å². The van der Waals surface area contributed by atoms with E-state index in [1.54, 1.807) is 0 Å². The van der Waals surface area contributed by atoms with Crippen LogP contribution >= 0.6 is 0 Å². The maximum atomic E-state index is 11.3. The van der Waals surface area contributed by atoms with E-state index in [1.165, 1.54) is 5.56 Å². The predicted octanol–water partition coefficient (Wildman–Crippen LogP) is 2.08. The Morgan fingerprint density at radius 3 is 2.94 bits per heavy atom. The molecule has 98 valence electrons. The zero-order valence-electron chi connectivity index (χ0n) is 10.6. The van der Waals surface area contributed by atoms with Crippen LogP contribution in [-0.2, 0) is 11.2 Å². The third kappa shape index (κ3) is 3.47. The fraction of sp³-hybridized carbons (Fsp3) is 0.500. The summed E-state index contributed by atoms with van der Waals surface area (Å²) in [6.07, 6.45) is 4.55. The van der Waals surface area contributed by atoms with E-state index in [-0.39, 0.29) is 5.91 Å². The van der Waals surface area contributed by atoms with Crippen molar-refractivity contribution in [2.45, 2.75) is 32.1 Å². The summed E-state index contributed by atoms with van der Waals surface area (Å²) >= 11 is 0. The maximum Gasteiger partial charge on any atom is 0.224 e. The molecular formula is C14H20N2O2. The highest BCUT2D eigenvalue weighted by Gasteiger charge is 2.14. The van der Waals surface area contributed by atoms with E-state index in [0.29, 0.717) is 13.0 Å². The molecule has 4 nitrogen and oxygen atoms in total. The Labute approximate surface area is 108 Å². The number of carbonyl (C=O) groups is 1. The molecular weight excluding hydrogens is 228 g/mol. The van der Waals surface area contributed by atoms with Gasteiger partial charge in [-0.05, 0) is 43.9 Å². The van der Waals surface area contributed by atoms with Gasteiger partial charge in [-0.1, -0.05) is 6.07 Å². The second-order valence-electron chi connectivity index (χ2n) is 4.56. The standard InChI is InChI=1S/C14H20N2O2/c15-8-2-1-3-9-18-12-6-4-11-5-7-14(17)16-13(11)10-12/h4,6,10H,1-3,5,7-9,15H2,(H,16,17). The van der Waals surface area contributed by atoms with Crippen molar-refractivity contribution in [3.8, 4) is 5.75 Å². The van der Waals surface area contributed by atoms with Gasteiger partial charge in [0.25, 0.3) is 0 Å². The van der Waals surface area contributed by atoms with Crippen molar-refractivity contribution in [3.05, 3.63) is 23.8 Å². The van der Waals surface area contributed by atoms with Gasteiger partial charge in [0.2, 0.25) is 5.91 Å². The minimum absolute atomic E-state index is 0.0857. The van der Waals surface area contributed by atoms with Gasteiger partial charge in [0.05, 0.1) is 6.61 Å². The lowest BCUT2D eigenvalue weighted by atomic mass is 10.0. The first-order valence-corrected chi connectivity index (χ1v) is 6.55. The number of aryl methyl sites for hydroxylation is 1. The largest absolute Gasteiger partial charge is 0.494 e. The van der Waals surface area contributed by atoms with Gasteiger partial charge < -0.3 is 15.8 Å². The number of ether oxygens (including phenoxy) is 1. The molecule has 0 radical (unpaired) electrons. The van der Waals surface area contributed by atoms with Crippen LogP contribution < -0.4 is 15.8 Å². The molecule has 1 heterocycles. The lowest BCUT2D eigenvalue weighted by molar-refractivity contribution is -0.116. The first kappa shape index (κ1) is 12.9. The van der Waals surface area contributed by atoms with Crippen molar-refractivity contribution < 1.29 is 9.53 Å². The number of rotatable bonds is 6. The van der Waals surface area contributed by atoms with Crippen molar-refractivity contribution in [1.29, 1.82) is 0 Å². The van der Waals surface area contributed by atoms with Crippen molar-refractivity contribution in [1.82, 2.24) is 0 Å². The van der Waals surface area contributed by atoms with Gasteiger partial charge in [-0.2, -0.15) is 0 Å². The summed E-state index contributed by atoms with van der Waals surface area (Å²) in [4.78, 5) is 11.3. The van der Waals surface area contributed by atoms with Crippen LogP contribution in [0.4, 0.5) is 5.69 Å². The molecule has 2 rings (SSSR count). The lowest BCUT2D eigenvalue weighted by Gasteiger charge is -2.17. The number of hydrogen-bond acceptors (Lipinski definition) is 3. The Bertz CT molecular complexity index is 418. The molecule has 1 aliphatic heterocycles. The minimum atomic E-state index is 0.0857. The number of amides is 1. The Morgan fingerprint density at radius 1 is 1.22 bits per heavy atom. The van der Waals surface area contributed by atoms with E-state index in [4.69, 9.17) is 10.5 Å². The van der Waals surface area contributed by atoms with Crippen molar-refractivity contribution >= 4 is 11.6 Å².